The molecule has 7 nitrogen and oxygen atoms in total. The molecule has 1 aromatic rings. The summed E-state index contributed by atoms with van der Waals surface area (Å²) in [6.45, 7) is 5.72. The second-order valence-electron chi connectivity index (χ2n) is 4.97. The van der Waals surface area contributed by atoms with Gasteiger partial charge in [-0.15, -0.1) is 0 Å². The number of aromatic nitrogens is 1. The van der Waals surface area contributed by atoms with E-state index in [0.29, 0.717) is 11.6 Å². The number of hydrogen-bond donors (Lipinski definition) is 2. The summed E-state index contributed by atoms with van der Waals surface area (Å²) in [4.78, 5) is 16.9. The number of nitrogens with two attached hydrogens (primary N) is 1. The molecule has 0 aliphatic carbocycles. The first-order valence-electron chi connectivity index (χ1n) is 5.94. The Morgan fingerprint density at radius 2 is 2.32 bits per heavy atom. The number of hydrogen-bond acceptors (Lipinski definition) is 7. The second-order valence-corrected chi connectivity index (χ2v) is 6.77. The Kier molecular flexibility index (Phi) is 3.81. The SMILES string of the molecule is CC1(C)CN(c2nc(NN)ccc2[N+](=O)[O-])CCS1. The van der Waals surface area contributed by atoms with Crippen LogP contribution in [0.15, 0.2) is 12.1 Å². The molecule has 1 aliphatic heterocycles. The number of rotatable bonds is 3. The van der Waals surface area contributed by atoms with E-state index in [1.54, 1.807) is 0 Å². The zero-order valence-electron chi connectivity index (χ0n) is 10.9. The van der Waals surface area contributed by atoms with Gasteiger partial charge in [-0.3, -0.25) is 10.1 Å². The van der Waals surface area contributed by atoms with Gasteiger partial charge in [0.05, 0.1) is 4.92 Å². The van der Waals surface area contributed by atoms with Crippen molar-refractivity contribution in [2.45, 2.75) is 18.6 Å². The molecule has 19 heavy (non-hydrogen) atoms. The maximum Gasteiger partial charge on any atom is 0.311 e. The molecule has 0 bridgehead atoms. The highest BCUT2D eigenvalue weighted by atomic mass is 32.2. The second kappa shape index (κ2) is 5.22. The van der Waals surface area contributed by atoms with Gasteiger partial charge in [0, 0.05) is 29.7 Å². The van der Waals surface area contributed by atoms with Crippen molar-refractivity contribution < 1.29 is 4.92 Å². The third kappa shape index (κ3) is 3.07. The number of thioether (sulfide) groups is 1. The molecule has 1 saturated heterocycles. The minimum atomic E-state index is -0.405. The average Bonchev–Trinajstić information content (AvgIpc) is 2.36. The molecular weight excluding hydrogens is 266 g/mol. The quantitative estimate of drug-likeness (QED) is 0.494. The highest BCUT2D eigenvalue weighted by Crippen LogP contribution is 2.35. The maximum atomic E-state index is 11.1. The minimum Gasteiger partial charge on any atom is -0.349 e. The third-order valence-corrected chi connectivity index (χ3v) is 4.22. The van der Waals surface area contributed by atoms with Crippen LogP contribution in [0.3, 0.4) is 0 Å². The lowest BCUT2D eigenvalue weighted by molar-refractivity contribution is -0.384. The van der Waals surface area contributed by atoms with Gasteiger partial charge in [-0.1, -0.05) is 0 Å². The van der Waals surface area contributed by atoms with E-state index in [1.807, 2.05) is 16.7 Å². The van der Waals surface area contributed by atoms with E-state index in [1.165, 1.54) is 12.1 Å². The lowest BCUT2D eigenvalue weighted by atomic mass is 10.2. The largest absolute Gasteiger partial charge is 0.349 e. The number of nitrogens with one attached hydrogen (secondary N) is 1. The van der Waals surface area contributed by atoms with Gasteiger partial charge in [0.15, 0.2) is 0 Å². The van der Waals surface area contributed by atoms with Gasteiger partial charge in [0.25, 0.3) is 0 Å². The fourth-order valence-corrected chi connectivity index (χ4v) is 3.21. The van der Waals surface area contributed by atoms with Gasteiger partial charge in [-0.05, 0) is 19.9 Å². The number of hydrazine groups is 1. The van der Waals surface area contributed by atoms with Crippen molar-refractivity contribution >= 4 is 29.1 Å². The molecule has 8 heteroatoms. The van der Waals surface area contributed by atoms with Gasteiger partial charge in [0.2, 0.25) is 5.82 Å². The third-order valence-electron chi connectivity index (χ3n) is 2.92. The lowest BCUT2D eigenvalue weighted by Crippen LogP contribution is -2.43. The summed E-state index contributed by atoms with van der Waals surface area (Å²) in [6, 6.07) is 2.94. The van der Waals surface area contributed by atoms with Crippen molar-refractivity contribution in [3.8, 4) is 0 Å². The van der Waals surface area contributed by atoms with E-state index in [-0.39, 0.29) is 10.4 Å². The van der Waals surface area contributed by atoms with Crippen LogP contribution < -0.4 is 16.2 Å². The van der Waals surface area contributed by atoms with Crippen molar-refractivity contribution in [1.82, 2.24) is 4.98 Å². The molecule has 3 N–H and O–H groups in total. The molecule has 0 atom stereocenters. The summed E-state index contributed by atoms with van der Waals surface area (Å²) in [5, 5.41) is 11.1. The number of pyridine rings is 1. The summed E-state index contributed by atoms with van der Waals surface area (Å²) in [6.07, 6.45) is 0. The van der Waals surface area contributed by atoms with E-state index < -0.39 is 4.92 Å². The summed E-state index contributed by atoms with van der Waals surface area (Å²) < 4.78 is 0.0555. The van der Waals surface area contributed by atoms with Gasteiger partial charge in [-0.25, -0.2) is 10.8 Å². The molecular formula is C11H17N5O2S. The smallest absolute Gasteiger partial charge is 0.311 e. The summed E-state index contributed by atoms with van der Waals surface area (Å²) >= 11 is 1.86. The standard InChI is InChI=1S/C11H17N5O2S/c1-11(2)7-15(5-6-19-11)10-8(16(17)18)3-4-9(13-10)14-12/h3-4H,5-7,12H2,1-2H3,(H,13,14). The fourth-order valence-electron chi connectivity index (χ4n) is 2.09. The first kappa shape index (κ1) is 13.9. The maximum absolute atomic E-state index is 11.1. The summed E-state index contributed by atoms with van der Waals surface area (Å²) in [5.74, 6) is 7.06. The predicted molar refractivity (Wildman–Crippen MR) is 77.5 cm³/mol. The summed E-state index contributed by atoms with van der Waals surface area (Å²) in [7, 11) is 0. The molecule has 1 fully saturated rings. The van der Waals surface area contributed by atoms with Crippen LogP contribution in [0.4, 0.5) is 17.3 Å². The highest BCUT2D eigenvalue weighted by Gasteiger charge is 2.31. The summed E-state index contributed by atoms with van der Waals surface area (Å²) in [5.41, 5.74) is 2.44. The van der Waals surface area contributed by atoms with Gasteiger partial charge < -0.3 is 10.3 Å². The monoisotopic (exact) mass is 283 g/mol. The van der Waals surface area contributed by atoms with Crippen LogP contribution in [0.1, 0.15) is 13.8 Å². The van der Waals surface area contributed by atoms with Crippen LogP contribution in [-0.2, 0) is 0 Å². The Bertz CT molecular complexity index is 494. The van der Waals surface area contributed by atoms with Crippen molar-refractivity contribution in [2.24, 2.45) is 5.84 Å². The van der Waals surface area contributed by atoms with E-state index in [0.717, 1.165) is 18.8 Å². The van der Waals surface area contributed by atoms with E-state index in [4.69, 9.17) is 5.84 Å². The lowest BCUT2D eigenvalue weighted by Gasteiger charge is -2.37. The first-order chi connectivity index (χ1) is 8.93. The Hall–Kier alpha value is -1.54. The molecule has 1 aliphatic rings. The zero-order chi connectivity index (χ0) is 14.0. The Labute approximate surface area is 115 Å². The molecule has 104 valence electrons. The van der Waals surface area contributed by atoms with E-state index in [9.17, 15) is 10.1 Å². The van der Waals surface area contributed by atoms with E-state index in [2.05, 4.69) is 24.3 Å². The molecule has 0 spiro atoms. The number of nitrogens with zero attached hydrogens (tertiary/aromatic N) is 3. The molecule has 2 heterocycles. The average molecular weight is 283 g/mol. The Morgan fingerprint density at radius 3 is 2.89 bits per heavy atom. The van der Waals surface area contributed by atoms with Crippen LogP contribution in [0.5, 0.6) is 0 Å². The zero-order valence-corrected chi connectivity index (χ0v) is 11.7. The van der Waals surface area contributed by atoms with E-state index >= 15 is 0 Å². The Balaban J connectivity index is 2.38. The van der Waals surface area contributed by atoms with Crippen LogP contribution in [0, 0.1) is 10.1 Å². The van der Waals surface area contributed by atoms with Crippen LogP contribution in [0.2, 0.25) is 0 Å². The number of nitrogen functional groups attached to an aromatic ring is 1. The molecule has 1 aromatic heterocycles. The van der Waals surface area contributed by atoms with Gasteiger partial charge in [-0.2, -0.15) is 11.8 Å². The van der Waals surface area contributed by atoms with Gasteiger partial charge in [0.1, 0.15) is 5.82 Å². The van der Waals surface area contributed by atoms with Crippen LogP contribution in [-0.4, -0.2) is 33.5 Å². The minimum absolute atomic E-state index is 0.0155. The highest BCUT2D eigenvalue weighted by molar-refractivity contribution is 8.00. The Morgan fingerprint density at radius 1 is 1.58 bits per heavy atom. The topological polar surface area (TPSA) is 97.3 Å². The number of nitro groups is 1. The van der Waals surface area contributed by atoms with Gasteiger partial charge >= 0.3 is 5.69 Å². The van der Waals surface area contributed by atoms with Crippen molar-refractivity contribution in [3.63, 3.8) is 0 Å². The predicted octanol–water partition coefficient (Wildman–Crippen LogP) is 1.61. The molecule has 0 unspecified atom stereocenters. The van der Waals surface area contributed by atoms with Crippen molar-refractivity contribution in [2.75, 3.05) is 29.2 Å². The van der Waals surface area contributed by atoms with Crippen LogP contribution in [0.25, 0.3) is 0 Å². The molecule has 0 radical (unpaired) electrons. The first-order valence-corrected chi connectivity index (χ1v) is 6.92. The normalized spacial score (nSPS) is 18.2. The fraction of sp³-hybridized carbons (Fsp3) is 0.545. The number of anilines is 2. The molecule has 0 amide bonds. The van der Waals surface area contributed by atoms with Crippen molar-refractivity contribution in [3.05, 3.63) is 22.2 Å². The van der Waals surface area contributed by atoms with Crippen molar-refractivity contribution in [1.29, 1.82) is 0 Å². The molecule has 0 saturated carbocycles. The molecule has 2 rings (SSSR count). The van der Waals surface area contributed by atoms with Crippen LogP contribution >= 0.6 is 11.8 Å². The molecule has 0 aromatic carbocycles.